The van der Waals surface area contributed by atoms with Gasteiger partial charge in [0.05, 0.1) is 0 Å². The summed E-state index contributed by atoms with van der Waals surface area (Å²) in [7, 11) is 0. The summed E-state index contributed by atoms with van der Waals surface area (Å²) in [6.07, 6.45) is 0.977. The van der Waals surface area contributed by atoms with Crippen LogP contribution in [-0.4, -0.2) is 29.7 Å². The van der Waals surface area contributed by atoms with Crippen molar-refractivity contribution in [3.05, 3.63) is 29.6 Å². The number of aliphatic hydroxyl groups is 1. The second-order valence-electron chi connectivity index (χ2n) is 4.38. The molecule has 1 aliphatic rings. The molecule has 1 aromatic carbocycles. The number of benzene rings is 1. The van der Waals surface area contributed by atoms with Crippen molar-refractivity contribution in [3.8, 4) is 0 Å². The normalized spacial score (nSPS) is 21.5. The highest BCUT2D eigenvalue weighted by atomic mass is 19.1. The summed E-state index contributed by atoms with van der Waals surface area (Å²) in [6.45, 7) is 2.47. The SMILES string of the molecule is Nc1cccc(F)c1CN1CCC(CO)C1. The Kier molecular flexibility index (Phi) is 3.41. The molecule has 0 spiro atoms. The Bertz CT molecular complexity index is 350. The molecule has 1 aromatic rings. The van der Waals surface area contributed by atoms with Gasteiger partial charge in [0, 0.05) is 30.9 Å². The molecular weight excluding hydrogens is 207 g/mol. The fourth-order valence-corrected chi connectivity index (χ4v) is 2.17. The van der Waals surface area contributed by atoms with Gasteiger partial charge in [0.2, 0.25) is 0 Å². The van der Waals surface area contributed by atoms with Crippen molar-refractivity contribution in [3.63, 3.8) is 0 Å². The minimum Gasteiger partial charge on any atom is -0.398 e. The maximum Gasteiger partial charge on any atom is 0.129 e. The van der Waals surface area contributed by atoms with Crippen molar-refractivity contribution in [2.75, 3.05) is 25.4 Å². The van der Waals surface area contributed by atoms with E-state index in [0.717, 1.165) is 19.5 Å². The van der Waals surface area contributed by atoms with Crippen molar-refractivity contribution >= 4 is 5.69 Å². The molecule has 0 bridgehead atoms. The van der Waals surface area contributed by atoms with Crippen LogP contribution in [0.3, 0.4) is 0 Å². The van der Waals surface area contributed by atoms with Crippen LogP contribution in [0, 0.1) is 11.7 Å². The Balaban J connectivity index is 2.04. The van der Waals surface area contributed by atoms with Crippen LogP contribution in [0.5, 0.6) is 0 Å². The Morgan fingerprint density at radius 2 is 2.31 bits per heavy atom. The van der Waals surface area contributed by atoms with Crippen molar-refractivity contribution in [1.82, 2.24) is 4.90 Å². The number of aliphatic hydroxyl groups excluding tert-OH is 1. The molecule has 1 saturated heterocycles. The molecule has 3 nitrogen and oxygen atoms in total. The molecule has 4 heteroatoms. The van der Waals surface area contributed by atoms with Gasteiger partial charge < -0.3 is 10.8 Å². The summed E-state index contributed by atoms with van der Waals surface area (Å²) in [5.41, 5.74) is 6.83. The zero-order valence-corrected chi connectivity index (χ0v) is 9.19. The number of anilines is 1. The number of hydrogen-bond acceptors (Lipinski definition) is 3. The predicted molar refractivity (Wildman–Crippen MR) is 61.3 cm³/mol. The lowest BCUT2D eigenvalue weighted by molar-refractivity contribution is 0.219. The van der Waals surface area contributed by atoms with E-state index in [1.54, 1.807) is 12.1 Å². The van der Waals surface area contributed by atoms with Crippen molar-refractivity contribution < 1.29 is 9.50 Å². The van der Waals surface area contributed by atoms with Crippen molar-refractivity contribution in [2.24, 2.45) is 5.92 Å². The summed E-state index contributed by atoms with van der Waals surface area (Å²) in [5.74, 6) is 0.0837. The molecular formula is C12H17FN2O. The third-order valence-electron chi connectivity index (χ3n) is 3.16. The molecule has 1 unspecified atom stereocenters. The number of halogens is 1. The minimum atomic E-state index is -0.243. The lowest BCUT2D eigenvalue weighted by Gasteiger charge is -2.17. The third-order valence-corrected chi connectivity index (χ3v) is 3.16. The van der Waals surface area contributed by atoms with E-state index in [4.69, 9.17) is 10.8 Å². The lowest BCUT2D eigenvalue weighted by Crippen LogP contribution is -2.22. The van der Waals surface area contributed by atoms with E-state index in [1.165, 1.54) is 6.07 Å². The minimum absolute atomic E-state index is 0.212. The van der Waals surface area contributed by atoms with Crippen LogP contribution in [0.1, 0.15) is 12.0 Å². The number of nitrogens with zero attached hydrogens (tertiary/aromatic N) is 1. The first-order valence-corrected chi connectivity index (χ1v) is 5.56. The highest BCUT2D eigenvalue weighted by Gasteiger charge is 2.22. The van der Waals surface area contributed by atoms with E-state index in [0.29, 0.717) is 23.7 Å². The number of nitrogens with two attached hydrogens (primary N) is 1. The topological polar surface area (TPSA) is 49.5 Å². The van der Waals surface area contributed by atoms with Crippen LogP contribution in [-0.2, 0) is 6.54 Å². The second-order valence-corrected chi connectivity index (χ2v) is 4.38. The molecule has 0 aromatic heterocycles. The number of hydrogen-bond donors (Lipinski definition) is 2. The van der Waals surface area contributed by atoms with Crippen LogP contribution in [0.2, 0.25) is 0 Å². The fourth-order valence-electron chi connectivity index (χ4n) is 2.17. The second kappa shape index (κ2) is 4.80. The summed E-state index contributed by atoms with van der Waals surface area (Å²) in [4.78, 5) is 2.13. The Hall–Kier alpha value is -1.13. The standard InChI is InChI=1S/C12H17FN2O/c13-11-2-1-3-12(14)10(11)7-15-5-4-9(6-15)8-16/h1-3,9,16H,4-8,14H2. The highest BCUT2D eigenvalue weighted by Crippen LogP contribution is 2.22. The van der Waals surface area contributed by atoms with Gasteiger partial charge in [0.1, 0.15) is 5.82 Å². The maximum absolute atomic E-state index is 13.5. The molecule has 3 N–H and O–H groups in total. The highest BCUT2D eigenvalue weighted by molar-refractivity contribution is 5.47. The molecule has 0 amide bonds. The summed E-state index contributed by atoms with van der Waals surface area (Å²) >= 11 is 0. The molecule has 1 heterocycles. The van der Waals surface area contributed by atoms with E-state index < -0.39 is 0 Å². The fraction of sp³-hybridized carbons (Fsp3) is 0.500. The van der Waals surface area contributed by atoms with Gasteiger partial charge >= 0.3 is 0 Å². The van der Waals surface area contributed by atoms with Crippen LogP contribution in [0.4, 0.5) is 10.1 Å². The first-order chi connectivity index (χ1) is 7.70. The van der Waals surface area contributed by atoms with Gasteiger partial charge in [0.15, 0.2) is 0 Å². The lowest BCUT2D eigenvalue weighted by atomic mass is 10.1. The van der Waals surface area contributed by atoms with Gasteiger partial charge in [-0.2, -0.15) is 0 Å². The molecule has 0 saturated carbocycles. The molecule has 1 fully saturated rings. The van der Waals surface area contributed by atoms with Gasteiger partial charge in [-0.05, 0) is 31.0 Å². The molecule has 2 rings (SSSR count). The van der Waals surface area contributed by atoms with E-state index >= 15 is 0 Å². The van der Waals surface area contributed by atoms with Gasteiger partial charge in [-0.25, -0.2) is 4.39 Å². The summed E-state index contributed by atoms with van der Waals surface area (Å²) in [6, 6.07) is 4.78. The molecule has 1 aliphatic heterocycles. The zero-order valence-electron chi connectivity index (χ0n) is 9.19. The largest absolute Gasteiger partial charge is 0.398 e. The smallest absolute Gasteiger partial charge is 0.129 e. The maximum atomic E-state index is 13.5. The number of likely N-dealkylation sites (tertiary alicyclic amines) is 1. The predicted octanol–water partition coefficient (Wildman–Crippen LogP) is 1.22. The Morgan fingerprint density at radius 3 is 2.94 bits per heavy atom. The molecule has 1 atom stereocenters. The Labute approximate surface area is 94.7 Å². The van der Waals surface area contributed by atoms with E-state index in [2.05, 4.69) is 4.90 Å². The van der Waals surface area contributed by atoms with Crippen molar-refractivity contribution in [1.29, 1.82) is 0 Å². The van der Waals surface area contributed by atoms with Gasteiger partial charge in [-0.3, -0.25) is 4.90 Å². The van der Waals surface area contributed by atoms with E-state index in [1.807, 2.05) is 0 Å². The average molecular weight is 224 g/mol. The molecule has 0 radical (unpaired) electrons. The first-order valence-electron chi connectivity index (χ1n) is 5.56. The molecule has 0 aliphatic carbocycles. The van der Waals surface area contributed by atoms with E-state index in [-0.39, 0.29) is 12.4 Å². The average Bonchev–Trinajstić information content (AvgIpc) is 2.71. The quantitative estimate of drug-likeness (QED) is 0.759. The van der Waals surface area contributed by atoms with Crippen LogP contribution in [0.25, 0.3) is 0 Å². The van der Waals surface area contributed by atoms with Gasteiger partial charge in [0.25, 0.3) is 0 Å². The van der Waals surface area contributed by atoms with Crippen LogP contribution in [0.15, 0.2) is 18.2 Å². The summed E-state index contributed by atoms with van der Waals surface area (Å²) in [5, 5.41) is 9.03. The summed E-state index contributed by atoms with van der Waals surface area (Å²) < 4.78 is 13.5. The number of rotatable bonds is 3. The third kappa shape index (κ3) is 2.33. The zero-order chi connectivity index (χ0) is 11.5. The van der Waals surface area contributed by atoms with Crippen LogP contribution < -0.4 is 5.73 Å². The van der Waals surface area contributed by atoms with E-state index in [9.17, 15) is 4.39 Å². The van der Waals surface area contributed by atoms with Crippen molar-refractivity contribution in [2.45, 2.75) is 13.0 Å². The van der Waals surface area contributed by atoms with Crippen LogP contribution >= 0.6 is 0 Å². The molecule has 88 valence electrons. The first kappa shape index (κ1) is 11.4. The monoisotopic (exact) mass is 224 g/mol. The van der Waals surface area contributed by atoms with Gasteiger partial charge in [-0.1, -0.05) is 6.07 Å². The number of nitrogen functional groups attached to an aromatic ring is 1. The Morgan fingerprint density at radius 1 is 1.50 bits per heavy atom. The molecule has 16 heavy (non-hydrogen) atoms. The van der Waals surface area contributed by atoms with Gasteiger partial charge in [-0.15, -0.1) is 0 Å².